The third-order valence-electron chi connectivity index (χ3n) is 5.40. The Kier molecular flexibility index (Phi) is 6.39. The zero-order valence-corrected chi connectivity index (χ0v) is 20.3. The van der Waals surface area contributed by atoms with Gasteiger partial charge in [0.05, 0.1) is 22.9 Å². The zero-order chi connectivity index (χ0) is 28.3. The first-order chi connectivity index (χ1) is 17.5. The highest BCUT2D eigenvalue weighted by Crippen LogP contribution is 2.42. The molecule has 0 atom stereocenters. The summed E-state index contributed by atoms with van der Waals surface area (Å²) >= 11 is 6.11. The summed E-state index contributed by atoms with van der Waals surface area (Å²) in [4.78, 5) is 12.6. The third-order valence-corrected chi connectivity index (χ3v) is 6.67. The van der Waals surface area contributed by atoms with E-state index >= 15 is 0 Å². The van der Waals surface area contributed by atoms with Gasteiger partial charge in [-0.3, -0.25) is 4.79 Å². The van der Waals surface area contributed by atoms with Gasteiger partial charge in [-0.15, -0.1) is 5.10 Å². The number of aryl methyl sites for hydroxylation is 1. The van der Waals surface area contributed by atoms with Gasteiger partial charge in [-0.1, -0.05) is 17.7 Å². The van der Waals surface area contributed by atoms with Crippen molar-refractivity contribution in [3.8, 4) is 28.9 Å². The summed E-state index contributed by atoms with van der Waals surface area (Å²) in [5.74, 6) is -3.45. The number of hydrogen-bond acceptors (Lipinski definition) is 7. The maximum Gasteiger partial charge on any atom is 0.534 e. The molecule has 38 heavy (non-hydrogen) atoms. The van der Waals surface area contributed by atoms with Gasteiger partial charge in [-0.25, -0.2) is 9.36 Å². The Labute approximate surface area is 214 Å². The van der Waals surface area contributed by atoms with Gasteiger partial charge in [0, 0.05) is 18.8 Å². The molecule has 0 bridgehead atoms. The minimum atomic E-state index is -6.46. The van der Waals surface area contributed by atoms with Crippen LogP contribution in [0.2, 0.25) is 5.02 Å². The zero-order valence-electron chi connectivity index (χ0n) is 18.7. The molecule has 1 saturated carbocycles. The molecule has 2 aromatic heterocycles. The van der Waals surface area contributed by atoms with Crippen LogP contribution in [0.15, 0.2) is 30.6 Å². The first kappa shape index (κ1) is 27.3. The second-order valence-corrected chi connectivity index (χ2v) is 10.1. The van der Waals surface area contributed by atoms with Crippen LogP contribution >= 0.6 is 11.6 Å². The second kappa shape index (κ2) is 8.91. The van der Waals surface area contributed by atoms with Gasteiger partial charge in [-0.05, 0) is 30.5 Å². The number of rotatable bonds is 6. The molecule has 2 heterocycles. The van der Waals surface area contributed by atoms with Crippen LogP contribution in [0.3, 0.4) is 0 Å². The average Bonchev–Trinajstić information content (AvgIpc) is 3.24. The van der Waals surface area contributed by atoms with Crippen molar-refractivity contribution in [2.45, 2.75) is 30.1 Å². The number of amides is 1. The van der Waals surface area contributed by atoms with Crippen molar-refractivity contribution in [2.24, 2.45) is 7.05 Å². The van der Waals surface area contributed by atoms with E-state index < -0.39 is 50.5 Å². The molecule has 3 aromatic rings. The lowest BCUT2D eigenvalue weighted by Gasteiger charge is -2.12. The van der Waals surface area contributed by atoms with Crippen LogP contribution in [-0.2, 0) is 23.3 Å². The maximum atomic E-state index is 13.8. The van der Waals surface area contributed by atoms with Crippen LogP contribution in [0.25, 0.3) is 16.9 Å². The number of halogens is 7. The van der Waals surface area contributed by atoms with E-state index in [2.05, 4.69) is 19.7 Å². The molecule has 18 heteroatoms. The standard InChI is InChI=1S/C20H13ClF6N6O4S/c1-32-17(14(19(22,23)24)16(31-32)37-38(35,36)20(25,26)27)33-8-11(7-29-33)10-2-3-13(21)12(6-10)15(34)30-18(9-28)4-5-18/h2-3,6-8H,4-5H2,1H3,(H,30,34). The van der Waals surface area contributed by atoms with E-state index in [1.54, 1.807) is 0 Å². The van der Waals surface area contributed by atoms with Gasteiger partial charge in [0.1, 0.15) is 5.54 Å². The number of nitrogens with one attached hydrogen (secondary N) is 1. The van der Waals surface area contributed by atoms with E-state index in [-0.39, 0.29) is 21.7 Å². The number of nitrogens with zero attached hydrogens (tertiary/aromatic N) is 5. The summed E-state index contributed by atoms with van der Waals surface area (Å²) in [6.45, 7) is 0. The Balaban J connectivity index is 1.73. The normalized spacial score (nSPS) is 15.1. The van der Waals surface area contributed by atoms with Crippen LogP contribution in [0.5, 0.6) is 5.88 Å². The summed E-state index contributed by atoms with van der Waals surface area (Å²) in [7, 11) is -5.55. The van der Waals surface area contributed by atoms with Gasteiger partial charge in [0.15, 0.2) is 11.4 Å². The van der Waals surface area contributed by atoms with E-state index in [0.717, 1.165) is 19.4 Å². The molecule has 1 aliphatic carbocycles. The number of hydrogen-bond donors (Lipinski definition) is 1. The monoisotopic (exact) mass is 582 g/mol. The van der Waals surface area contributed by atoms with Crippen molar-refractivity contribution in [1.29, 1.82) is 5.26 Å². The van der Waals surface area contributed by atoms with Crippen molar-refractivity contribution < 1.29 is 43.7 Å². The fourth-order valence-corrected chi connectivity index (χ4v) is 3.97. The lowest BCUT2D eigenvalue weighted by Crippen LogP contribution is -2.35. The highest BCUT2D eigenvalue weighted by molar-refractivity contribution is 7.87. The van der Waals surface area contributed by atoms with Crippen LogP contribution in [0.4, 0.5) is 26.3 Å². The first-order valence-electron chi connectivity index (χ1n) is 10.2. The molecule has 1 amide bonds. The van der Waals surface area contributed by atoms with Crippen LogP contribution in [0, 0.1) is 11.3 Å². The van der Waals surface area contributed by atoms with Gasteiger partial charge in [-0.2, -0.15) is 45.1 Å². The molecule has 1 aliphatic rings. The SMILES string of the molecule is Cn1nc(OS(=O)(=O)C(F)(F)F)c(C(F)(F)F)c1-n1cc(-c2ccc(Cl)c(C(=O)NC3(C#N)CC3)c2)cn1. The molecule has 1 aromatic carbocycles. The lowest BCUT2D eigenvalue weighted by molar-refractivity contribution is -0.138. The largest absolute Gasteiger partial charge is 0.534 e. The molecular formula is C20H13ClF6N6O4S. The Morgan fingerprint density at radius 2 is 1.87 bits per heavy atom. The van der Waals surface area contributed by atoms with E-state index in [1.807, 2.05) is 6.07 Å². The number of benzene rings is 1. The summed E-state index contributed by atoms with van der Waals surface area (Å²) in [5.41, 5.74) is -8.53. The lowest BCUT2D eigenvalue weighted by atomic mass is 10.1. The van der Waals surface area contributed by atoms with Crippen molar-refractivity contribution in [2.75, 3.05) is 0 Å². The topological polar surface area (TPSA) is 132 Å². The predicted molar refractivity (Wildman–Crippen MR) is 116 cm³/mol. The van der Waals surface area contributed by atoms with E-state index in [1.165, 1.54) is 18.2 Å². The molecule has 1 fully saturated rings. The molecule has 0 spiro atoms. The van der Waals surface area contributed by atoms with Crippen molar-refractivity contribution in [3.05, 3.63) is 46.7 Å². The summed E-state index contributed by atoms with van der Waals surface area (Å²) in [5, 5.41) is 18.7. The molecular weight excluding hydrogens is 570 g/mol. The van der Waals surface area contributed by atoms with Crippen molar-refractivity contribution in [1.82, 2.24) is 24.9 Å². The molecule has 0 unspecified atom stereocenters. The second-order valence-electron chi connectivity index (χ2n) is 8.12. The fourth-order valence-electron chi connectivity index (χ4n) is 3.35. The van der Waals surface area contributed by atoms with E-state index in [0.29, 0.717) is 22.2 Å². The minimum Gasteiger partial charge on any atom is -0.353 e. The van der Waals surface area contributed by atoms with E-state index in [9.17, 15) is 44.8 Å². The molecule has 1 N–H and O–H groups in total. The van der Waals surface area contributed by atoms with Gasteiger partial charge < -0.3 is 9.50 Å². The molecule has 202 valence electrons. The Bertz CT molecular complexity index is 1580. The Morgan fingerprint density at radius 1 is 1.21 bits per heavy atom. The number of carbonyl (C=O) groups excluding carboxylic acids is 1. The van der Waals surface area contributed by atoms with Gasteiger partial charge in [0.2, 0.25) is 0 Å². The molecule has 0 aliphatic heterocycles. The Hall–Kier alpha value is -3.78. The number of alkyl halides is 6. The fraction of sp³-hybridized carbons (Fsp3) is 0.300. The van der Waals surface area contributed by atoms with E-state index in [4.69, 9.17) is 11.6 Å². The number of carbonyl (C=O) groups is 1. The average molecular weight is 583 g/mol. The summed E-state index contributed by atoms with van der Waals surface area (Å²) in [6, 6.07) is 6.07. The summed E-state index contributed by atoms with van der Waals surface area (Å²) < 4.78 is 107. The van der Waals surface area contributed by atoms with Crippen LogP contribution in [-0.4, -0.2) is 44.9 Å². The van der Waals surface area contributed by atoms with Crippen molar-refractivity contribution >= 4 is 27.6 Å². The highest BCUT2D eigenvalue weighted by Gasteiger charge is 2.51. The van der Waals surface area contributed by atoms with Gasteiger partial charge in [0.25, 0.3) is 11.8 Å². The Morgan fingerprint density at radius 3 is 2.42 bits per heavy atom. The number of nitriles is 1. The molecule has 4 rings (SSSR count). The maximum absolute atomic E-state index is 13.8. The van der Waals surface area contributed by atoms with Crippen molar-refractivity contribution in [3.63, 3.8) is 0 Å². The summed E-state index contributed by atoms with van der Waals surface area (Å²) in [6.07, 6.45) is -2.36. The highest BCUT2D eigenvalue weighted by atomic mass is 35.5. The smallest absolute Gasteiger partial charge is 0.353 e. The first-order valence-corrected chi connectivity index (χ1v) is 12.0. The minimum absolute atomic E-state index is 0.0250. The molecule has 0 radical (unpaired) electrons. The predicted octanol–water partition coefficient (Wildman–Crippen LogP) is 3.96. The third kappa shape index (κ3) is 5.00. The number of aromatic nitrogens is 4. The quantitative estimate of drug-likeness (QED) is 0.264. The molecule has 0 saturated heterocycles. The van der Waals surface area contributed by atoms with Gasteiger partial charge >= 0.3 is 21.8 Å². The van der Waals surface area contributed by atoms with Crippen LogP contribution in [0.1, 0.15) is 28.8 Å². The van der Waals surface area contributed by atoms with Crippen LogP contribution < -0.4 is 9.50 Å². The molecule has 10 nitrogen and oxygen atoms in total.